The fourth-order valence-electron chi connectivity index (χ4n) is 3.23. The molecule has 4 rings (SSSR count). The van der Waals surface area contributed by atoms with E-state index in [0.29, 0.717) is 17.1 Å². The third-order valence-corrected chi connectivity index (χ3v) is 5.20. The number of rotatable bonds is 4. The minimum Gasteiger partial charge on any atom is -0.475 e. The van der Waals surface area contributed by atoms with E-state index in [1.54, 1.807) is 6.20 Å². The summed E-state index contributed by atoms with van der Waals surface area (Å²) in [6, 6.07) is 7.44. The molecule has 4 heterocycles. The predicted molar refractivity (Wildman–Crippen MR) is 119 cm³/mol. The van der Waals surface area contributed by atoms with E-state index in [-0.39, 0.29) is 5.91 Å². The van der Waals surface area contributed by atoms with E-state index < -0.39 is 12.1 Å². The highest BCUT2D eigenvalue weighted by Gasteiger charge is 2.38. The first-order chi connectivity index (χ1) is 16.1. The first kappa shape index (κ1) is 25.2. The van der Waals surface area contributed by atoms with Crippen LogP contribution < -0.4 is 10.2 Å². The Labute approximate surface area is 197 Å². The molecule has 0 atom stereocenters. The Morgan fingerprint density at radius 3 is 2.41 bits per heavy atom. The number of alkyl halides is 3. The van der Waals surface area contributed by atoms with Gasteiger partial charge >= 0.3 is 12.1 Å². The summed E-state index contributed by atoms with van der Waals surface area (Å²) in [5.41, 5.74) is 2.49. The van der Waals surface area contributed by atoms with E-state index in [1.165, 1.54) is 0 Å². The molecule has 3 aromatic rings. The van der Waals surface area contributed by atoms with Gasteiger partial charge in [-0.15, -0.1) is 0 Å². The summed E-state index contributed by atoms with van der Waals surface area (Å²) in [7, 11) is 1.96. The van der Waals surface area contributed by atoms with Crippen LogP contribution in [0.3, 0.4) is 0 Å². The predicted octanol–water partition coefficient (Wildman–Crippen LogP) is 2.70. The molecule has 1 fully saturated rings. The molecule has 0 aliphatic carbocycles. The zero-order chi connectivity index (χ0) is 24.9. The maximum Gasteiger partial charge on any atom is 0.490 e. The van der Waals surface area contributed by atoms with Crippen molar-refractivity contribution in [3.63, 3.8) is 0 Å². The maximum absolute atomic E-state index is 12.5. The van der Waals surface area contributed by atoms with Crippen molar-refractivity contribution in [1.29, 1.82) is 0 Å². The van der Waals surface area contributed by atoms with Crippen LogP contribution in [0.25, 0.3) is 5.65 Å². The third-order valence-electron chi connectivity index (χ3n) is 4.98. The summed E-state index contributed by atoms with van der Waals surface area (Å²) in [5, 5.41) is 11.0. The van der Waals surface area contributed by atoms with Gasteiger partial charge in [0.25, 0.3) is 5.91 Å². The second kappa shape index (κ2) is 10.7. The van der Waals surface area contributed by atoms with Gasteiger partial charge in [-0.1, -0.05) is 11.6 Å². The molecule has 0 saturated carbocycles. The second-order valence-corrected chi connectivity index (χ2v) is 7.87. The number of aromatic nitrogens is 3. The number of hydrogen-bond donors (Lipinski definition) is 2. The van der Waals surface area contributed by atoms with E-state index in [4.69, 9.17) is 21.5 Å². The molecule has 9 nitrogen and oxygen atoms in total. The highest BCUT2D eigenvalue weighted by molar-refractivity contribution is 6.30. The molecule has 34 heavy (non-hydrogen) atoms. The minimum absolute atomic E-state index is 0.0367. The van der Waals surface area contributed by atoms with Gasteiger partial charge in [0.15, 0.2) is 0 Å². The van der Waals surface area contributed by atoms with Crippen molar-refractivity contribution in [2.75, 3.05) is 38.1 Å². The molecule has 13 heteroatoms. The fourth-order valence-corrected chi connectivity index (χ4v) is 3.40. The lowest BCUT2D eigenvalue weighted by molar-refractivity contribution is -0.192. The zero-order valence-electron chi connectivity index (χ0n) is 18.1. The summed E-state index contributed by atoms with van der Waals surface area (Å²) in [6.07, 6.45) is 0.266. The Morgan fingerprint density at radius 1 is 1.15 bits per heavy atom. The lowest BCUT2D eigenvalue weighted by Gasteiger charge is -2.27. The highest BCUT2D eigenvalue weighted by Crippen LogP contribution is 2.17. The standard InChI is InChI=1S/C19H21ClN6O.C2HF3O2/c1-24(13-16-11-23-18-5-3-15(20)12-26(16)18)17-4-2-14(10-22-17)19(27)25-8-6-21-7-9-25;3-2(4,5)1(6)7/h2-5,10-12,21H,6-9,13H2,1H3;(H,6,7). The second-order valence-electron chi connectivity index (χ2n) is 7.43. The van der Waals surface area contributed by atoms with Crippen LogP contribution in [-0.2, 0) is 11.3 Å². The fraction of sp³-hybridized carbons (Fsp3) is 0.333. The van der Waals surface area contributed by atoms with Gasteiger partial charge in [0.05, 0.1) is 29.0 Å². The average Bonchev–Trinajstić information content (AvgIpc) is 3.20. The summed E-state index contributed by atoms with van der Waals surface area (Å²) in [4.78, 5) is 34.2. The van der Waals surface area contributed by atoms with Gasteiger partial charge in [-0.2, -0.15) is 13.2 Å². The van der Waals surface area contributed by atoms with Crippen molar-refractivity contribution in [3.05, 3.63) is 59.1 Å². The molecule has 0 aromatic carbocycles. The van der Waals surface area contributed by atoms with Crippen molar-refractivity contribution in [2.45, 2.75) is 12.7 Å². The van der Waals surface area contributed by atoms with E-state index >= 15 is 0 Å². The number of aliphatic carboxylic acids is 1. The van der Waals surface area contributed by atoms with E-state index in [9.17, 15) is 18.0 Å². The number of pyridine rings is 2. The number of carbonyl (C=O) groups is 2. The van der Waals surface area contributed by atoms with Gasteiger partial charge in [-0.3, -0.25) is 4.79 Å². The van der Waals surface area contributed by atoms with Gasteiger partial charge in [-0.25, -0.2) is 14.8 Å². The van der Waals surface area contributed by atoms with E-state index in [1.807, 2.05) is 57.9 Å². The first-order valence-electron chi connectivity index (χ1n) is 10.1. The molecular formula is C21H22ClF3N6O3. The van der Waals surface area contributed by atoms with Crippen LogP contribution in [0.2, 0.25) is 5.02 Å². The summed E-state index contributed by atoms with van der Waals surface area (Å²) < 4.78 is 33.7. The molecule has 0 radical (unpaired) electrons. The van der Waals surface area contributed by atoms with Crippen LogP contribution in [0.15, 0.2) is 42.9 Å². The largest absolute Gasteiger partial charge is 0.490 e. The summed E-state index contributed by atoms with van der Waals surface area (Å²) in [5.74, 6) is -1.93. The molecule has 1 aliphatic rings. The minimum atomic E-state index is -5.08. The van der Waals surface area contributed by atoms with Crippen LogP contribution >= 0.6 is 11.6 Å². The van der Waals surface area contributed by atoms with Crippen molar-refractivity contribution in [3.8, 4) is 0 Å². The third kappa shape index (κ3) is 6.35. The molecule has 1 aliphatic heterocycles. The smallest absolute Gasteiger partial charge is 0.475 e. The molecule has 0 spiro atoms. The Balaban J connectivity index is 0.000000406. The van der Waals surface area contributed by atoms with Crippen molar-refractivity contribution in [2.24, 2.45) is 0 Å². The lowest BCUT2D eigenvalue weighted by Crippen LogP contribution is -2.46. The van der Waals surface area contributed by atoms with Crippen molar-refractivity contribution >= 4 is 34.9 Å². The number of nitrogens with zero attached hydrogens (tertiary/aromatic N) is 5. The lowest BCUT2D eigenvalue weighted by atomic mass is 10.2. The van der Waals surface area contributed by atoms with Crippen LogP contribution in [0.4, 0.5) is 19.0 Å². The van der Waals surface area contributed by atoms with Gasteiger partial charge < -0.3 is 24.6 Å². The number of hydrogen-bond acceptors (Lipinski definition) is 6. The van der Waals surface area contributed by atoms with Gasteiger partial charge in [0.2, 0.25) is 0 Å². The zero-order valence-corrected chi connectivity index (χ0v) is 18.8. The number of fused-ring (bicyclic) bond motifs is 1. The molecule has 1 saturated heterocycles. The van der Waals surface area contributed by atoms with Gasteiger partial charge in [-0.05, 0) is 24.3 Å². The quantitative estimate of drug-likeness (QED) is 0.570. The highest BCUT2D eigenvalue weighted by atomic mass is 35.5. The number of nitrogens with one attached hydrogen (secondary N) is 1. The number of halogens is 4. The van der Waals surface area contributed by atoms with Crippen LogP contribution in [-0.4, -0.2) is 75.7 Å². The molecule has 0 bridgehead atoms. The van der Waals surface area contributed by atoms with Crippen molar-refractivity contribution in [1.82, 2.24) is 24.6 Å². The number of carboxylic acid groups (broad SMARTS) is 1. The normalized spacial score (nSPS) is 13.9. The van der Waals surface area contributed by atoms with Gasteiger partial charge in [0, 0.05) is 45.6 Å². The summed E-state index contributed by atoms with van der Waals surface area (Å²) >= 11 is 6.10. The summed E-state index contributed by atoms with van der Waals surface area (Å²) in [6.45, 7) is 3.76. The Kier molecular flexibility index (Phi) is 7.94. The molecule has 3 aromatic heterocycles. The SMILES string of the molecule is CN(Cc1cnc2ccc(Cl)cn12)c1ccc(C(=O)N2CCNCC2)cn1.O=C(O)C(F)(F)F. The molecule has 182 valence electrons. The van der Waals surface area contributed by atoms with Crippen molar-refractivity contribution < 1.29 is 27.9 Å². The Bertz CT molecular complexity index is 1150. The van der Waals surface area contributed by atoms with Gasteiger partial charge in [0.1, 0.15) is 11.5 Å². The Hall–Kier alpha value is -3.38. The van der Waals surface area contributed by atoms with Crippen LogP contribution in [0, 0.1) is 0 Å². The maximum atomic E-state index is 12.5. The number of amides is 1. The average molecular weight is 499 g/mol. The molecular weight excluding hydrogens is 477 g/mol. The van der Waals surface area contributed by atoms with Crippen LogP contribution in [0.1, 0.15) is 16.1 Å². The van der Waals surface area contributed by atoms with Crippen LogP contribution in [0.5, 0.6) is 0 Å². The molecule has 2 N–H and O–H groups in total. The van der Waals surface area contributed by atoms with E-state index in [2.05, 4.69) is 15.3 Å². The number of piperazine rings is 1. The first-order valence-corrected chi connectivity index (χ1v) is 10.5. The Morgan fingerprint density at radius 2 is 1.82 bits per heavy atom. The monoisotopic (exact) mass is 498 g/mol. The number of carbonyl (C=O) groups excluding carboxylic acids is 1. The molecule has 0 unspecified atom stereocenters. The number of anilines is 1. The number of carboxylic acids is 1. The van der Waals surface area contributed by atoms with E-state index in [0.717, 1.165) is 43.3 Å². The molecule has 1 amide bonds. The topological polar surface area (TPSA) is 103 Å². The number of imidazole rings is 1.